The summed E-state index contributed by atoms with van der Waals surface area (Å²) in [7, 11) is 0. The Labute approximate surface area is 384 Å². The van der Waals surface area contributed by atoms with Crippen molar-refractivity contribution in [2.75, 3.05) is 26.4 Å². The van der Waals surface area contributed by atoms with Gasteiger partial charge in [0.2, 0.25) is 12.2 Å². The molecule has 0 spiro atoms. The van der Waals surface area contributed by atoms with Crippen molar-refractivity contribution in [1.82, 2.24) is 9.78 Å². The van der Waals surface area contributed by atoms with Gasteiger partial charge in [-0.05, 0) is 90.6 Å². The molecule has 0 bridgehead atoms. The van der Waals surface area contributed by atoms with Gasteiger partial charge in [-0.1, -0.05) is 72.4 Å². The maximum absolute atomic E-state index is 14.2. The Morgan fingerprint density at radius 1 is 0.754 bits per heavy atom. The van der Waals surface area contributed by atoms with Crippen molar-refractivity contribution in [3.05, 3.63) is 65.7 Å². The van der Waals surface area contributed by atoms with Crippen LogP contribution in [0.15, 0.2) is 54.6 Å². The van der Waals surface area contributed by atoms with E-state index in [1.807, 2.05) is 63.2 Å². The highest BCUT2D eigenvalue weighted by Crippen LogP contribution is 2.43. The van der Waals surface area contributed by atoms with Crippen LogP contribution in [0.2, 0.25) is 0 Å². The third-order valence-electron chi connectivity index (χ3n) is 11.3. The molecule has 1 fully saturated rings. The number of aryl methyl sites for hydroxylation is 2. The lowest BCUT2D eigenvalue weighted by molar-refractivity contribution is -0.257. The number of hydrogen-bond donors (Lipinski definition) is 1. The molecule has 2 aromatic carbocycles. The number of aliphatic hydroxyl groups is 1. The average Bonchev–Trinajstić information content (AvgIpc) is 3.56. The average molecular weight is 905 g/mol. The third kappa shape index (κ3) is 14.5. The monoisotopic (exact) mass is 905 g/mol. The fraction of sp³-hybridized carbons (Fsp3) is 0.608. The summed E-state index contributed by atoms with van der Waals surface area (Å²) in [5.41, 5.74) is -0.517. The maximum atomic E-state index is 14.2. The van der Waals surface area contributed by atoms with E-state index >= 15 is 0 Å². The summed E-state index contributed by atoms with van der Waals surface area (Å²) in [6.45, 7) is 26.5. The minimum absolute atomic E-state index is 0.0257. The number of Topliss-reactive ketones (excluding diaryl/α,β-unsaturated/α-hetero) is 2. The molecule has 14 heteroatoms. The van der Waals surface area contributed by atoms with E-state index in [-0.39, 0.29) is 74.8 Å². The topological polar surface area (TPSA) is 179 Å². The smallest absolute Gasteiger partial charge is 0.333 e. The zero-order chi connectivity index (χ0) is 48.7. The SMILES string of the molecule is C=C(C)C(=O)OC[C@H]1O[C@@H](Oc2nn(CCOC(=O)C(C)(C)C)c3cccc(CCc4ccc(OCCO)cc4)c23)[C@H](CC(=O)C(C)(C)C)[C@@H](CC(=O)C(C)(C)C)[C@@H]1OC(=O)C(C)(C)C. The summed E-state index contributed by atoms with van der Waals surface area (Å²) >= 11 is 0. The lowest BCUT2D eigenvalue weighted by atomic mass is 9.71. The Bertz CT molecular complexity index is 2160. The number of esters is 3. The molecule has 0 aliphatic carbocycles. The molecule has 14 nitrogen and oxygen atoms in total. The van der Waals surface area contributed by atoms with Crippen LogP contribution in [-0.2, 0) is 62.3 Å². The lowest BCUT2D eigenvalue weighted by Crippen LogP contribution is -2.58. The van der Waals surface area contributed by atoms with E-state index in [4.69, 9.17) is 33.5 Å². The normalized spacial score (nSPS) is 19.3. The first-order valence-electron chi connectivity index (χ1n) is 22.5. The van der Waals surface area contributed by atoms with Crippen LogP contribution < -0.4 is 9.47 Å². The summed E-state index contributed by atoms with van der Waals surface area (Å²) in [6, 6.07) is 13.4. The Hall–Kier alpha value is -5.08. The molecule has 0 amide bonds. The first-order valence-corrected chi connectivity index (χ1v) is 22.5. The second-order valence-electron chi connectivity index (χ2n) is 21.2. The summed E-state index contributed by atoms with van der Waals surface area (Å²) in [5.74, 6) is -2.76. The van der Waals surface area contributed by atoms with Crippen molar-refractivity contribution in [3.63, 3.8) is 0 Å². The first-order chi connectivity index (χ1) is 30.1. The number of aromatic nitrogens is 2. The van der Waals surface area contributed by atoms with Crippen LogP contribution in [0.3, 0.4) is 0 Å². The van der Waals surface area contributed by atoms with E-state index in [2.05, 4.69) is 6.58 Å². The van der Waals surface area contributed by atoms with Crippen molar-refractivity contribution in [2.45, 2.75) is 141 Å². The highest BCUT2D eigenvalue weighted by atomic mass is 16.7. The van der Waals surface area contributed by atoms with Crippen LogP contribution in [0, 0.1) is 33.5 Å². The molecule has 65 heavy (non-hydrogen) atoms. The number of ether oxygens (including phenoxy) is 6. The largest absolute Gasteiger partial charge is 0.491 e. The minimum Gasteiger partial charge on any atom is -0.491 e. The van der Waals surface area contributed by atoms with Crippen LogP contribution in [0.5, 0.6) is 11.6 Å². The highest BCUT2D eigenvalue weighted by molar-refractivity contribution is 5.89. The number of hydrogen-bond acceptors (Lipinski definition) is 13. The van der Waals surface area contributed by atoms with Gasteiger partial charge in [-0.15, -0.1) is 5.10 Å². The van der Waals surface area contributed by atoms with E-state index in [1.165, 1.54) is 6.92 Å². The summed E-state index contributed by atoms with van der Waals surface area (Å²) < 4.78 is 38.6. The lowest BCUT2D eigenvalue weighted by Gasteiger charge is -2.46. The molecule has 1 aromatic heterocycles. The summed E-state index contributed by atoms with van der Waals surface area (Å²) in [5, 5.41) is 14.8. The molecule has 1 saturated heterocycles. The molecule has 0 unspecified atom stereocenters. The van der Waals surface area contributed by atoms with Gasteiger partial charge in [0, 0.05) is 41.1 Å². The van der Waals surface area contributed by atoms with Gasteiger partial charge in [-0.3, -0.25) is 23.9 Å². The molecule has 358 valence electrons. The Balaban J connectivity index is 1.90. The Morgan fingerprint density at radius 2 is 1.35 bits per heavy atom. The van der Waals surface area contributed by atoms with Gasteiger partial charge >= 0.3 is 17.9 Å². The van der Waals surface area contributed by atoms with Crippen LogP contribution in [0.25, 0.3) is 10.9 Å². The van der Waals surface area contributed by atoms with Gasteiger partial charge in [-0.2, -0.15) is 0 Å². The molecule has 1 aliphatic rings. The van der Waals surface area contributed by atoms with Gasteiger partial charge < -0.3 is 33.5 Å². The van der Waals surface area contributed by atoms with E-state index in [0.29, 0.717) is 29.5 Å². The molecule has 0 saturated carbocycles. The van der Waals surface area contributed by atoms with Crippen LogP contribution in [0.1, 0.15) is 114 Å². The first kappa shape index (κ1) is 52.5. The van der Waals surface area contributed by atoms with E-state index in [0.717, 1.165) is 11.1 Å². The number of carbonyl (C=O) groups is 5. The van der Waals surface area contributed by atoms with Crippen molar-refractivity contribution < 1.29 is 57.5 Å². The van der Waals surface area contributed by atoms with Crippen molar-refractivity contribution >= 4 is 40.4 Å². The molecular formula is C51H72N2O12. The molecule has 3 aromatic rings. The van der Waals surface area contributed by atoms with Gasteiger partial charge in [-0.25, -0.2) is 4.79 Å². The summed E-state index contributed by atoms with van der Waals surface area (Å²) in [6.07, 6.45) is -2.56. The standard InChI is InChI=1S/C51H72N2O12/c1-31(2)44(57)62-30-38-42(64-47(59)51(12,13)14)35(28-39(55)48(3,4)5)36(29-40(56)49(6,7)8)45(63-38)65-43-41-33(21-18-32-19-22-34(23-20-32)60-27-25-54)16-15-17-37(41)53(52-43)24-26-61-46(58)50(9,10)11/h15-17,19-20,22-23,35-36,38,42,45,54H,1,18,21,24-30H2,2-14H3/t35-,36-,38-,42+,45+/m1/s1. The second-order valence-corrected chi connectivity index (χ2v) is 21.2. The predicted molar refractivity (Wildman–Crippen MR) is 246 cm³/mol. The van der Waals surface area contributed by atoms with Gasteiger partial charge in [0.05, 0.1) is 34.9 Å². The Kier molecular flexibility index (Phi) is 17.4. The quantitative estimate of drug-likeness (QED) is 0.0692. The predicted octanol–water partition coefficient (Wildman–Crippen LogP) is 8.21. The number of aliphatic hydroxyl groups excluding tert-OH is 1. The number of ketones is 2. The molecule has 5 atom stereocenters. The molecule has 1 N–H and O–H groups in total. The van der Waals surface area contributed by atoms with Crippen molar-refractivity contribution in [2.24, 2.45) is 33.5 Å². The van der Waals surface area contributed by atoms with Crippen LogP contribution in [-0.4, -0.2) is 89.3 Å². The molecule has 0 radical (unpaired) electrons. The van der Waals surface area contributed by atoms with E-state index in [1.54, 1.807) is 67.0 Å². The molecular weight excluding hydrogens is 833 g/mol. The van der Waals surface area contributed by atoms with Gasteiger partial charge in [0.25, 0.3) is 0 Å². The molecule has 2 heterocycles. The number of benzene rings is 2. The molecule has 4 rings (SSSR count). The molecule has 1 aliphatic heterocycles. The van der Waals surface area contributed by atoms with Crippen LogP contribution >= 0.6 is 0 Å². The fourth-order valence-electron chi connectivity index (χ4n) is 7.09. The zero-order valence-corrected chi connectivity index (χ0v) is 40.8. The maximum Gasteiger partial charge on any atom is 0.333 e. The van der Waals surface area contributed by atoms with Crippen LogP contribution in [0.4, 0.5) is 0 Å². The summed E-state index contributed by atoms with van der Waals surface area (Å²) in [4.78, 5) is 67.7. The number of carbonyl (C=O) groups excluding carboxylic acids is 5. The number of rotatable bonds is 19. The van der Waals surface area contributed by atoms with E-state index in [9.17, 15) is 29.1 Å². The van der Waals surface area contributed by atoms with E-state index < -0.39 is 63.9 Å². The second kappa shape index (κ2) is 21.5. The zero-order valence-electron chi connectivity index (χ0n) is 40.8. The van der Waals surface area contributed by atoms with Gasteiger partial charge in [0.15, 0.2) is 0 Å². The minimum atomic E-state index is -1.26. The third-order valence-corrected chi connectivity index (χ3v) is 11.3. The number of fused-ring (bicyclic) bond motifs is 1. The highest BCUT2D eigenvalue weighted by Gasteiger charge is 2.52. The Morgan fingerprint density at radius 3 is 1.91 bits per heavy atom. The van der Waals surface area contributed by atoms with Gasteiger partial charge in [0.1, 0.15) is 49.3 Å². The van der Waals surface area contributed by atoms with Crippen molar-refractivity contribution in [3.8, 4) is 11.6 Å². The fourth-order valence-corrected chi connectivity index (χ4v) is 7.09. The number of nitrogens with zero attached hydrogens (tertiary/aromatic N) is 2. The van der Waals surface area contributed by atoms with Crippen molar-refractivity contribution in [1.29, 1.82) is 0 Å².